The summed E-state index contributed by atoms with van der Waals surface area (Å²) in [6.07, 6.45) is 6.29. The third kappa shape index (κ3) is 5.82. The highest BCUT2D eigenvalue weighted by Gasteiger charge is 2.54. The highest BCUT2D eigenvalue weighted by atomic mass is 16.5. The van der Waals surface area contributed by atoms with Crippen LogP contribution >= 0.6 is 0 Å². The molecule has 7 nitrogen and oxygen atoms in total. The molecule has 42 heavy (non-hydrogen) atoms. The molecule has 0 amide bonds. The summed E-state index contributed by atoms with van der Waals surface area (Å²) in [5.74, 6) is 4.09. The highest BCUT2D eigenvalue weighted by Crippen LogP contribution is 2.50. The molecule has 0 saturated carbocycles. The summed E-state index contributed by atoms with van der Waals surface area (Å²) in [7, 11) is 1.71. The van der Waals surface area contributed by atoms with Crippen LogP contribution in [0.25, 0.3) is 10.9 Å². The van der Waals surface area contributed by atoms with Gasteiger partial charge in [0, 0.05) is 42.5 Å². The molecule has 0 spiro atoms. The van der Waals surface area contributed by atoms with E-state index in [-0.39, 0.29) is 12.1 Å². The smallest absolute Gasteiger partial charge is 0.203 e. The van der Waals surface area contributed by atoms with Crippen LogP contribution in [-0.2, 0) is 11.3 Å². The van der Waals surface area contributed by atoms with Gasteiger partial charge in [-0.15, -0.1) is 6.58 Å². The fourth-order valence-corrected chi connectivity index (χ4v) is 7.37. The van der Waals surface area contributed by atoms with E-state index in [0.29, 0.717) is 44.0 Å². The van der Waals surface area contributed by atoms with E-state index in [0.717, 1.165) is 58.7 Å². The van der Waals surface area contributed by atoms with Crippen LogP contribution in [0.5, 0.6) is 23.0 Å². The van der Waals surface area contributed by atoms with Gasteiger partial charge in [0.05, 0.1) is 45.5 Å². The Hall–Kier alpha value is -3.29. The first kappa shape index (κ1) is 30.2. The summed E-state index contributed by atoms with van der Waals surface area (Å²) in [4.78, 5) is 4.67. The maximum Gasteiger partial charge on any atom is 0.203 e. The van der Waals surface area contributed by atoms with Crippen LogP contribution in [0.15, 0.2) is 55.3 Å². The van der Waals surface area contributed by atoms with Gasteiger partial charge in [0.25, 0.3) is 0 Å². The van der Waals surface area contributed by atoms with Crippen LogP contribution in [0.1, 0.15) is 57.8 Å². The second kappa shape index (κ2) is 13.3. The second-order valence-electron chi connectivity index (χ2n) is 11.4. The van der Waals surface area contributed by atoms with E-state index < -0.39 is 0 Å². The lowest BCUT2D eigenvalue weighted by atomic mass is 9.71. The van der Waals surface area contributed by atoms with Crippen molar-refractivity contribution in [3.05, 3.63) is 66.4 Å². The summed E-state index contributed by atoms with van der Waals surface area (Å²) in [5.41, 5.74) is 3.33. The van der Waals surface area contributed by atoms with Crippen LogP contribution in [0.4, 0.5) is 0 Å². The minimum Gasteiger partial charge on any atom is -0.497 e. The van der Waals surface area contributed by atoms with Crippen molar-refractivity contribution < 1.29 is 28.2 Å². The minimum absolute atomic E-state index is 0.0819. The normalized spacial score (nSPS) is 23.9. The van der Waals surface area contributed by atoms with Crippen molar-refractivity contribution in [2.45, 2.75) is 59.2 Å². The van der Waals surface area contributed by atoms with Crippen molar-refractivity contribution >= 4 is 10.9 Å². The summed E-state index contributed by atoms with van der Waals surface area (Å²) >= 11 is 0. The zero-order valence-corrected chi connectivity index (χ0v) is 25.9. The van der Waals surface area contributed by atoms with Crippen molar-refractivity contribution in [1.29, 1.82) is 0 Å². The summed E-state index contributed by atoms with van der Waals surface area (Å²) in [6, 6.07) is 12.9. The van der Waals surface area contributed by atoms with Gasteiger partial charge in [-0.05, 0) is 75.6 Å². The van der Waals surface area contributed by atoms with Crippen molar-refractivity contribution in [3.63, 3.8) is 0 Å². The van der Waals surface area contributed by atoms with Gasteiger partial charge in [-0.2, -0.15) is 0 Å². The largest absolute Gasteiger partial charge is 0.497 e. The molecule has 6 rings (SSSR count). The van der Waals surface area contributed by atoms with Gasteiger partial charge in [-0.1, -0.05) is 6.08 Å². The zero-order valence-electron chi connectivity index (χ0n) is 25.9. The number of ether oxygens (including phenoxy) is 5. The van der Waals surface area contributed by atoms with E-state index >= 15 is 0 Å². The van der Waals surface area contributed by atoms with Crippen molar-refractivity contribution in [1.82, 2.24) is 4.98 Å². The van der Waals surface area contributed by atoms with Crippen molar-refractivity contribution in [3.8, 4) is 23.0 Å². The fraction of sp³-hybridized carbons (Fsp3) is 0.514. The van der Waals surface area contributed by atoms with E-state index in [9.17, 15) is 0 Å². The molecule has 7 heteroatoms. The maximum absolute atomic E-state index is 6.73. The summed E-state index contributed by atoms with van der Waals surface area (Å²) < 4.78 is 31.5. The Balaban J connectivity index is 1.61. The Bertz CT molecular complexity index is 1350. The molecule has 3 aliphatic rings. The lowest BCUT2D eigenvalue weighted by Crippen LogP contribution is -2.67. The molecule has 2 aromatic carbocycles. The number of piperidine rings is 3. The topological polar surface area (TPSA) is 59.0 Å². The Morgan fingerprint density at radius 1 is 0.976 bits per heavy atom. The van der Waals surface area contributed by atoms with Gasteiger partial charge in [0.15, 0.2) is 11.5 Å². The molecule has 3 fully saturated rings. The number of nitrogens with zero attached hydrogens (tertiary/aromatic N) is 2. The Morgan fingerprint density at radius 3 is 2.36 bits per heavy atom. The van der Waals surface area contributed by atoms with Crippen LogP contribution in [0, 0.1) is 11.8 Å². The number of quaternary nitrogens is 1. The molecule has 2 bridgehead atoms. The first-order valence-electron chi connectivity index (χ1n) is 15.6. The van der Waals surface area contributed by atoms with E-state index in [1.807, 2.05) is 39.1 Å². The third-order valence-electron chi connectivity index (χ3n) is 9.13. The van der Waals surface area contributed by atoms with Gasteiger partial charge in [-0.3, -0.25) is 4.98 Å². The summed E-state index contributed by atoms with van der Waals surface area (Å²) in [6.45, 7) is 17.6. The van der Waals surface area contributed by atoms with Gasteiger partial charge in [-0.25, -0.2) is 0 Å². The molecule has 0 aliphatic carbocycles. The SMILES string of the molecule is C=CC1C[N+]2(Cc3cc(OCC)c(OCC)c(OCC)c3)CCC1C[C@H]2[C@H](OCC)c1ccnc2ccc(OC)cc12. The lowest BCUT2D eigenvalue weighted by molar-refractivity contribution is -0.985. The minimum atomic E-state index is -0.0819. The molecule has 3 unspecified atom stereocenters. The van der Waals surface area contributed by atoms with Gasteiger partial charge < -0.3 is 28.2 Å². The molecule has 5 atom stereocenters. The average molecular weight is 576 g/mol. The Labute approximate surface area is 251 Å². The fourth-order valence-electron chi connectivity index (χ4n) is 7.37. The van der Waals surface area contributed by atoms with Crippen LogP contribution in [0.3, 0.4) is 0 Å². The van der Waals surface area contributed by atoms with Gasteiger partial charge >= 0.3 is 0 Å². The first-order chi connectivity index (χ1) is 20.5. The van der Waals surface area contributed by atoms with E-state index in [1.54, 1.807) is 7.11 Å². The Morgan fingerprint density at radius 2 is 1.71 bits per heavy atom. The molecule has 3 saturated heterocycles. The number of pyridine rings is 1. The molecule has 226 valence electrons. The zero-order chi connectivity index (χ0) is 29.7. The van der Waals surface area contributed by atoms with Crippen LogP contribution in [-0.4, -0.2) is 62.1 Å². The number of rotatable bonds is 14. The Kier molecular flexibility index (Phi) is 9.59. The molecule has 0 N–H and O–H groups in total. The van der Waals surface area contributed by atoms with Crippen molar-refractivity contribution in [2.24, 2.45) is 11.8 Å². The van der Waals surface area contributed by atoms with Crippen LogP contribution in [0.2, 0.25) is 0 Å². The summed E-state index contributed by atoms with van der Waals surface area (Å²) in [5, 5.41) is 1.09. The predicted molar refractivity (Wildman–Crippen MR) is 167 cm³/mol. The predicted octanol–water partition coefficient (Wildman–Crippen LogP) is 7.13. The molecule has 3 aliphatic heterocycles. The highest BCUT2D eigenvalue weighted by molar-refractivity contribution is 5.84. The molecular formula is C35H47N2O5+. The van der Waals surface area contributed by atoms with Crippen molar-refractivity contribution in [2.75, 3.05) is 46.6 Å². The third-order valence-corrected chi connectivity index (χ3v) is 9.13. The van der Waals surface area contributed by atoms with Gasteiger partial charge in [0.2, 0.25) is 5.75 Å². The van der Waals surface area contributed by atoms with E-state index in [2.05, 4.69) is 48.8 Å². The van der Waals surface area contributed by atoms with Gasteiger partial charge in [0.1, 0.15) is 24.4 Å². The number of aromatic nitrogens is 1. The monoisotopic (exact) mass is 575 g/mol. The molecule has 1 aromatic heterocycles. The first-order valence-corrected chi connectivity index (χ1v) is 15.6. The maximum atomic E-state index is 6.73. The van der Waals surface area contributed by atoms with E-state index in [1.165, 1.54) is 17.5 Å². The molecule has 3 aromatic rings. The quantitative estimate of drug-likeness (QED) is 0.151. The number of fused-ring (bicyclic) bond motifs is 4. The molecule has 4 heterocycles. The van der Waals surface area contributed by atoms with E-state index in [4.69, 9.17) is 23.7 Å². The standard InChI is InChI=1S/C35H47N2O5/c1-7-25-23-37(22-24-18-32(39-8-2)35(42-11-5)33(19-24)40-9-3)17-15-26(25)20-31(37)34(41-10-4)28-14-16-36-30-13-12-27(38-6)21-29(28)30/h7,12-14,16,18-19,21,25-26,31,34H,1,8-11,15,17,20,22-23H2,2-6H3/q+1/t25?,26?,31-,34+,37?/m0/s1. The molecule has 0 radical (unpaired) electrons. The number of hydrogen-bond donors (Lipinski definition) is 0. The molecular weight excluding hydrogens is 528 g/mol. The lowest BCUT2D eigenvalue weighted by Gasteiger charge is -2.58. The number of hydrogen-bond acceptors (Lipinski definition) is 6. The van der Waals surface area contributed by atoms with Crippen LogP contribution < -0.4 is 18.9 Å². The number of benzene rings is 2. The second-order valence-corrected chi connectivity index (χ2v) is 11.4. The number of methoxy groups -OCH3 is 1. The average Bonchev–Trinajstić information content (AvgIpc) is 3.01.